The van der Waals surface area contributed by atoms with Gasteiger partial charge in [0.15, 0.2) is 0 Å². The number of primary sulfonamides is 1. The molecule has 0 saturated heterocycles. The minimum Gasteiger partial charge on any atom is -0.506 e. The number of phenolic OH excluding ortho intramolecular Hbond substituents is 1. The van der Waals surface area contributed by atoms with Gasteiger partial charge in [0.25, 0.3) is 0 Å². The van der Waals surface area contributed by atoms with Crippen molar-refractivity contribution in [3.8, 4) is 5.75 Å². The molecule has 5 N–H and O–H groups in total. The molecule has 0 spiro atoms. The second-order valence-electron chi connectivity index (χ2n) is 10.8. The predicted molar refractivity (Wildman–Crippen MR) is 178 cm³/mol. The van der Waals surface area contributed by atoms with Gasteiger partial charge in [-0.15, -0.1) is 5.11 Å². The third-order valence-electron chi connectivity index (χ3n) is 6.98. The van der Waals surface area contributed by atoms with E-state index in [1.165, 1.54) is 62.4 Å². The van der Waals surface area contributed by atoms with Crippen LogP contribution in [0.25, 0.3) is 10.8 Å². The quantitative estimate of drug-likeness (QED) is 0.0822. The SMILES string of the molecule is CCCCCCCCCCCCNS(=O)(=O)c1cc(N=Nc2ccc(Cl)c(S(N)(=O)=O)c2)c2c(NS(C)(=O)=O)cccc2c1O. The highest BCUT2D eigenvalue weighted by molar-refractivity contribution is 7.92. The maximum atomic E-state index is 13.3. The van der Waals surface area contributed by atoms with Crippen LogP contribution in [0.1, 0.15) is 71.1 Å². The normalized spacial score (nSPS) is 12.7. The monoisotopic (exact) mass is 701 g/mol. The van der Waals surface area contributed by atoms with Gasteiger partial charge in [-0.2, -0.15) is 5.11 Å². The maximum absolute atomic E-state index is 13.3. The van der Waals surface area contributed by atoms with Crippen LogP contribution in [0, 0.1) is 0 Å². The lowest BCUT2D eigenvalue weighted by Crippen LogP contribution is -2.25. The van der Waals surface area contributed by atoms with Gasteiger partial charge in [-0.25, -0.2) is 35.1 Å². The Balaban J connectivity index is 1.90. The first-order chi connectivity index (χ1) is 21.1. The molecule has 0 amide bonds. The van der Waals surface area contributed by atoms with E-state index < -0.39 is 45.6 Å². The Morgan fingerprint density at radius 2 is 1.44 bits per heavy atom. The molecular weight excluding hydrogens is 662 g/mol. The van der Waals surface area contributed by atoms with Crippen LogP contribution in [-0.4, -0.2) is 43.2 Å². The van der Waals surface area contributed by atoms with Gasteiger partial charge in [-0.05, 0) is 36.8 Å². The van der Waals surface area contributed by atoms with E-state index in [1.807, 2.05) is 0 Å². The summed E-state index contributed by atoms with van der Waals surface area (Å²) in [5, 5.41) is 24.4. The second-order valence-corrected chi connectivity index (χ2v) is 16.2. The van der Waals surface area contributed by atoms with Crippen LogP contribution in [0.4, 0.5) is 17.1 Å². The second kappa shape index (κ2) is 16.1. The Labute approximate surface area is 270 Å². The summed E-state index contributed by atoms with van der Waals surface area (Å²) in [4.78, 5) is -0.871. The fourth-order valence-corrected chi connectivity index (χ4v) is 7.61. The van der Waals surface area contributed by atoms with Gasteiger partial charge in [0.05, 0.1) is 28.3 Å². The molecule has 3 aromatic carbocycles. The molecule has 0 aliphatic heterocycles. The third-order valence-corrected chi connectivity index (χ3v) is 10.4. The summed E-state index contributed by atoms with van der Waals surface area (Å²) >= 11 is 5.95. The Hall–Kier alpha value is -2.82. The minimum absolute atomic E-state index is 0.000688. The van der Waals surface area contributed by atoms with Crippen molar-refractivity contribution in [1.29, 1.82) is 0 Å². The summed E-state index contributed by atoms with van der Waals surface area (Å²) in [6, 6.07) is 9.07. The van der Waals surface area contributed by atoms with Crippen molar-refractivity contribution in [3.05, 3.63) is 47.5 Å². The highest BCUT2D eigenvalue weighted by Crippen LogP contribution is 2.43. The molecule has 0 aliphatic carbocycles. The summed E-state index contributed by atoms with van der Waals surface area (Å²) in [7, 11) is -12.2. The van der Waals surface area contributed by atoms with E-state index in [9.17, 15) is 30.4 Å². The van der Waals surface area contributed by atoms with Gasteiger partial charge >= 0.3 is 0 Å². The van der Waals surface area contributed by atoms with Crippen LogP contribution in [0.2, 0.25) is 5.02 Å². The van der Waals surface area contributed by atoms with E-state index in [2.05, 4.69) is 26.6 Å². The maximum Gasteiger partial charge on any atom is 0.244 e. The lowest BCUT2D eigenvalue weighted by atomic mass is 10.1. The van der Waals surface area contributed by atoms with Crippen molar-refractivity contribution < 1.29 is 30.4 Å². The lowest BCUT2D eigenvalue weighted by molar-refractivity contribution is 0.464. The number of anilines is 1. The third kappa shape index (κ3) is 10.9. The summed E-state index contributed by atoms with van der Waals surface area (Å²) < 4.78 is 79.5. The number of azo groups is 1. The largest absolute Gasteiger partial charge is 0.506 e. The number of unbranched alkanes of at least 4 members (excludes halogenated alkanes) is 9. The summed E-state index contributed by atoms with van der Waals surface area (Å²) in [5.74, 6) is -0.598. The number of hydrogen-bond donors (Lipinski definition) is 4. The predicted octanol–water partition coefficient (Wildman–Crippen LogP) is 6.83. The van der Waals surface area contributed by atoms with Crippen molar-refractivity contribution in [2.45, 2.75) is 80.9 Å². The van der Waals surface area contributed by atoms with Crippen molar-refractivity contribution >= 4 is 69.5 Å². The highest BCUT2D eigenvalue weighted by atomic mass is 35.5. The zero-order valence-electron chi connectivity index (χ0n) is 25.3. The van der Waals surface area contributed by atoms with Crippen molar-refractivity contribution in [3.63, 3.8) is 0 Å². The molecule has 248 valence electrons. The summed E-state index contributed by atoms with van der Waals surface area (Å²) in [6.45, 7) is 2.34. The van der Waals surface area contributed by atoms with E-state index in [0.717, 1.165) is 44.1 Å². The van der Waals surface area contributed by atoms with Crippen molar-refractivity contribution in [1.82, 2.24) is 4.72 Å². The van der Waals surface area contributed by atoms with Gasteiger partial charge in [-0.3, -0.25) is 4.72 Å². The number of rotatable bonds is 18. The lowest BCUT2D eigenvalue weighted by Gasteiger charge is -2.15. The summed E-state index contributed by atoms with van der Waals surface area (Å²) in [5.41, 5.74) is -0.0782. The molecular formula is C29H40ClN5O7S3. The van der Waals surface area contributed by atoms with Gasteiger partial charge in [0, 0.05) is 17.3 Å². The first-order valence-electron chi connectivity index (χ1n) is 14.6. The van der Waals surface area contributed by atoms with E-state index in [0.29, 0.717) is 6.42 Å². The molecule has 16 heteroatoms. The van der Waals surface area contributed by atoms with Crippen LogP contribution in [0.5, 0.6) is 5.75 Å². The Morgan fingerprint density at radius 1 is 0.822 bits per heavy atom. The summed E-state index contributed by atoms with van der Waals surface area (Å²) in [6.07, 6.45) is 11.8. The zero-order chi connectivity index (χ0) is 33.3. The number of sulfonamides is 3. The van der Waals surface area contributed by atoms with Gasteiger partial charge in [0.2, 0.25) is 30.1 Å². The molecule has 0 heterocycles. The smallest absolute Gasteiger partial charge is 0.244 e. The highest BCUT2D eigenvalue weighted by Gasteiger charge is 2.24. The number of hydrogen-bond acceptors (Lipinski definition) is 9. The molecule has 3 aromatic rings. The average Bonchev–Trinajstić information content (AvgIpc) is 2.95. The first kappa shape index (κ1) is 36.6. The Kier molecular flexibility index (Phi) is 13.1. The van der Waals surface area contributed by atoms with E-state index >= 15 is 0 Å². The first-order valence-corrected chi connectivity index (χ1v) is 19.9. The number of aromatic hydroxyl groups is 1. The van der Waals surface area contributed by atoms with Gasteiger partial charge < -0.3 is 5.11 Å². The zero-order valence-corrected chi connectivity index (χ0v) is 28.5. The molecule has 12 nitrogen and oxygen atoms in total. The number of nitrogens with two attached hydrogens (primary N) is 1. The number of fused-ring (bicyclic) bond motifs is 1. The fourth-order valence-electron chi connectivity index (χ4n) is 4.77. The topological polar surface area (TPSA) is 197 Å². The standard InChI is InChI=1S/C29H40ClN5O7S3/c1-3-4-5-6-7-8-9-10-11-12-18-32-45(41,42)27-20-25(34-33-21-16-17-23(30)26(19-21)44(31,39)40)28-22(29(27)36)14-13-15-24(28)35-43(2,37)38/h13-17,19-20,32,35-36H,3-12,18H2,1-2H3,(H2,31,39,40). The van der Waals surface area contributed by atoms with Crippen molar-refractivity contribution in [2.24, 2.45) is 15.4 Å². The van der Waals surface area contributed by atoms with Gasteiger partial charge in [-0.1, -0.05) is 88.4 Å². The molecule has 0 saturated carbocycles. The van der Waals surface area contributed by atoms with E-state index in [4.69, 9.17) is 16.7 Å². The molecule has 0 fully saturated rings. The Bertz CT molecular complexity index is 1850. The van der Waals surface area contributed by atoms with Crippen LogP contribution in [0.3, 0.4) is 0 Å². The average molecular weight is 702 g/mol. The molecule has 45 heavy (non-hydrogen) atoms. The van der Waals surface area contributed by atoms with E-state index in [-0.39, 0.29) is 39.4 Å². The minimum atomic E-state index is -4.23. The molecule has 0 unspecified atom stereocenters. The number of phenols is 1. The molecule has 0 aliphatic rings. The van der Waals surface area contributed by atoms with Gasteiger partial charge in [0.1, 0.15) is 15.5 Å². The van der Waals surface area contributed by atoms with Crippen LogP contribution < -0.4 is 14.6 Å². The molecule has 0 atom stereocenters. The number of halogens is 1. The molecule has 0 radical (unpaired) electrons. The van der Waals surface area contributed by atoms with E-state index in [1.54, 1.807) is 0 Å². The number of nitrogens with one attached hydrogen (secondary N) is 2. The van der Waals surface area contributed by atoms with Crippen LogP contribution >= 0.6 is 11.6 Å². The molecule has 0 aromatic heterocycles. The fraction of sp³-hybridized carbons (Fsp3) is 0.448. The number of nitrogens with zero attached hydrogens (tertiary/aromatic N) is 2. The molecule has 3 rings (SSSR count). The number of benzene rings is 3. The Morgan fingerprint density at radius 3 is 2.04 bits per heavy atom. The van der Waals surface area contributed by atoms with Crippen LogP contribution in [-0.2, 0) is 30.1 Å². The van der Waals surface area contributed by atoms with Crippen molar-refractivity contribution in [2.75, 3.05) is 17.5 Å². The van der Waals surface area contributed by atoms with Crippen LogP contribution in [0.15, 0.2) is 62.5 Å². The molecule has 0 bridgehead atoms.